The predicted octanol–water partition coefficient (Wildman–Crippen LogP) is 3.71. The minimum absolute atomic E-state index is 0.0734. The molecule has 2 aromatic carbocycles. The summed E-state index contributed by atoms with van der Waals surface area (Å²) in [5.74, 6) is -0.415. The molecule has 2 rings (SSSR count). The second-order valence-corrected chi connectivity index (χ2v) is 5.24. The molecule has 0 heterocycles. The quantitative estimate of drug-likeness (QED) is 0.321. The number of methoxy groups -OCH3 is 1. The van der Waals surface area contributed by atoms with E-state index in [0.717, 1.165) is 11.1 Å². The lowest BCUT2D eigenvalue weighted by Gasteiger charge is -2.12. The molecule has 0 aliphatic rings. The predicted molar refractivity (Wildman–Crippen MR) is 99.1 cm³/mol. The summed E-state index contributed by atoms with van der Waals surface area (Å²) in [5, 5.41) is 13.2. The summed E-state index contributed by atoms with van der Waals surface area (Å²) in [6, 6.07) is 14.5. The summed E-state index contributed by atoms with van der Waals surface area (Å²) in [4.78, 5) is 16.4. The second kappa shape index (κ2) is 9.88. The van der Waals surface area contributed by atoms with Crippen molar-refractivity contribution in [1.82, 2.24) is 0 Å². The maximum Gasteiger partial charge on any atom is 0.339 e. The Labute approximate surface area is 152 Å². The van der Waals surface area contributed by atoms with Gasteiger partial charge in [-0.1, -0.05) is 41.6 Å². The number of nitrogens with zero attached hydrogens (tertiary/aromatic N) is 1. The number of benzene rings is 2. The van der Waals surface area contributed by atoms with Gasteiger partial charge in [0, 0.05) is 0 Å². The Morgan fingerprint density at radius 3 is 2.73 bits per heavy atom. The molecule has 0 aromatic heterocycles. The van der Waals surface area contributed by atoms with E-state index in [9.17, 15) is 9.90 Å². The van der Waals surface area contributed by atoms with Crippen molar-refractivity contribution in [2.45, 2.75) is 13.5 Å². The number of carboxylic acid groups (broad SMARTS) is 1. The maximum atomic E-state index is 11.5. The molecule has 0 radical (unpaired) electrons. The summed E-state index contributed by atoms with van der Waals surface area (Å²) in [5.41, 5.74) is 2.21. The fourth-order valence-corrected chi connectivity index (χ4v) is 2.27. The van der Waals surface area contributed by atoms with Crippen molar-refractivity contribution in [1.29, 1.82) is 0 Å². The van der Waals surface area contributed by atoms with Crippen LogP contribution in [0.25, 0.3) is 5.57 Å². The number of aliphatic carboxylic acids is 1. The van der Waals surface area contributed by atoms with E-state index in [-0.39, 0.29) is 12.2 Å². The Balaban J connectivity index is 2.17. The highest BCUT2D eigenvalue weighted by atomic mass is 16.6. The molecular weight excluding hydrogens is 334 g/mol. The summed E-state index contributed by atoms with van der Waals surface area (Å²) in [6.07, 6.45) is 2.82. The lowest BCUT2D eigenvalue weighted by atomic mass is 10.0. The van der Waals surface area contributed by atoms with Gasteiger partial charge in [0.25, 0.3) is 0 Å². The minimum atomic E-state index is -1.06. The molecule has 0 fully saturated rings. The van der Waals surface area contributed by atoms with Crippen molar-refractivity contribution in [3.8, 4) is 5.75 Å². The molecule has 6 heteroatoms. The third kappa shape index (κ3) is 5.37. The molecule has 2 aromatic rings. The fraction of sp³-hybridized carbons (Fsp3) is 0.200. The van der Waals surface area contributed by atoms with Crippen LogP contribution in [0.1, 0.15) is 23.6 Å². The van der Waals surface area contributed by atoms with Gasteiger partial charge in [-0.15, -0.1) is 0 Å². The van der Waals surface area contributed by atoms with Crippen molar-refractivity contribution in [2.75, 3.05) is 13.7 Å². The molecule has 26 heavy (non-hydrogen) atoms. The molecule has 0 saturated carbocycles. The SMILES string of the molecule is CCON=Cc1cccc(OCc2ccccc2C(=COC)C(=O)O)c1. The first kappa shape index (κ1) is 19.1. The van der Waals surface area contributed by atoms with E-state index in [1.165, 1.54) is 13.4 Å². The van der Waals surface area contributed by atoms with E-state index < -0.39 is 5.97 Å². The molecule has 0 atom stereocenters. The van der Waals surface area contributed by atoms with E-state index in [2.05, 4.69) is 5.16 Å². The van der Waals surface area contributed by atoms with Crippen LogP contribution >= 0.6 is 0 Å². The van der Waals surface area contributed by atoms with Crippen molar-refractivity contribution in [3.05, 3.63) is 71.5 Å². The molecule has 0 saturated heterocycles. The molecule has 1 N–H and O–H groups in total. The van der Waals surface area contributed by atoms with Gasteiger partial charge in [0.15, 0.2) is 0 Å². The minimum Gasteiger partial charge on any atom is -0.503 e. The molecule has 6 nitrogen and oxygen atoms in total. The normalized spacial score (nSPS) is 11.4. The molecular formula is C20H21NO5. The van der Waals surface area contributed by atoms with Gasteiger partial charge in [0.1, 0.15) is 24.5 Å². The Kier molecular flexibility index (Phi) is 7.24. The zero-order chi connectivity index (χ0) is 18.8. The van der Waals surface area contributed by atoms with Crippen LogP contribution in [0.4, 0.5) is 0 Å². The van der Waals surface area contributed by atoms with Gasteiger partial charge in [-0.2, -0.15) is 0 Å². The number of oxime groups is 1. The third-order valence-electron chi connectivity index (χ3n) is 3.43. The third-order valence-corrected chi connectivity index (χ3v) is 3.43. The van der Waals surface area contributed by atoms with Crippen LogP contribution in [-0.2, 0) is 21.0 Å². The van der Waals surface area contributed by atoms with Gasteiger partial charge in [0.05, 0.1) is 19.6 Å². The lowest BCUT2D eigenvalue weighted by Crippen LogP contribution is -2.06. The van der Waals surface area contributed by atoms with E-state index >= 15 is 0 Å². The fourth-order valence-electron chi connectivity index (χ4n) is 2.27. The lowest BCUT2D eigenvalue weighted by molar-refractivity contribution is -0.130. The van der Waals surface area contributed by atoms with Crippen LogP contribution < -0.4 is 4.74 Å². The van der Waals surface area contributed by atoms with Crippen molar-refractivity contribution in [2.24, 2.45) is 5.16 Å². The van der Waals surface area contributed by atoms with Crippen LogP contribution in [-0.4, -0.2) is 31.0 Å². The van der Waals surface area contributed by atoms with Crippen LogP contribution in [0.2, 0.25) is 0 Å². The summed E-state index contributed by atoms with van der Waals surface area (Å²) in [7, 11) is 1.41. The highest BCUT2D eigenvalue weighted by molar-refractivity contribution is 6.15. The Morgan fingerprint density at radius 1 is 1.19 bits per heavy atom. The van der Waals surface area contributed by atoms with E-state index in [1.807, 2.05) is 43.3 Å². The molecule has 0 aliphatic carbocycles. The Bertz CT molecular complexity index is 798. The standard InChI is InChI=1S/C20H21NO5/c1-3-26-21-12-15-7-6-9-17(11-15)25-13-16-8-4-5-10-18(16)19(14-24-2)20(22)23/h4-12,14H,3,13H2,1-2H3,(H,22,23). The van der Waals surface area contributed by atoms with Crippen LogP contribution in [0.5, 0.6) is 5.75 Å². The first-order chi connectivity index (χ1) is 12.7. The monoisotopic (exact) mass is 355 g/mol. The van der Waals surface area contributed by atoms with Gasteiger partial charge >= 0.3 is 5.97 Å². The number of rotatable bonds is 9. The highest BCUT2D eigenvalue weighted by Gasteiger charge is 2.15. The first-order valence-corrected chi connectivity index (χ1v) is 8.08. The van der Waals surface area contributed by atoms with Crippen LogP contribution in [0.15, 0.2) is 59.9 Å². The molecule has 0 unspecified atom stereocenters. The van der Waals surface area contributed by atoms with Crippen LogP contribution in [0.3, 0.4) is 0 Å². The highest BCUT2D eigenvalue weighted by Crippen LogP contribution is 2.22. The van der Waals surface area contributed by atoms with E-state index in [0.29, 0.717) is 17.9 Å². The Hall–Kier alpha value is -3.28. The summed E-state index contributed by atoms with van der Waals surface area (Å²) in [6.45, 7) is 2.58. The number of carbonyl (C=O) groups is 1. The zero-order valence-corrected chi connectivity index (χ0v) is 14.7. The van der Waals surface area contributed by atoms with Crippen molar-refractivity contribution >= 4 is 17.8 Å². The van der Waals surface area contributed by atoms with Gasteiger partial charge in [-0.05, 0) is 35.7 Å². The summed E-state index contributed by atoms with van der Waals surface area (Å²) < 4.78 is 10.7. The van der Waals surface area contributed by atoms with E-state index in [4.69, 9.17) is 14.3 Å². The molecule has 136 valence electrons. The van der Waals surface area contributed by atoms with Gasteiger partial charge in [0.2, 0.25) is 0 Å². The zero-order valence-electron chi connectivity index (χ0n) is 14.7. The number of hydrogen-bond donors (Lipinski definition) is 1. The molecule has 0 bridgehead atoms. The topological polar surface area (TPSA) is 77.3 Å². The number of hydrogen-bond acceptors (Lipinski definition) is 5. The second-order valence-electron chi connectivity index (χ2n) is 5.24. The van der Waals surface area contributed by atoms with Gasteiger partial charge in [-0.3, -0.25) is 0 Å². The summed E-state index contributed by atoms with van der Waals surface area (Å²) >= 11 is 0. The van der Waals surface area contributed by atoms with Crippen LogP contribution in [0, 0.1) is 0 Å². The largest absolute Gasteiger partial charge is 0.503 e. The number of carboxylic acids is 1. The molecule has 0 aliphatic heterocycles. The average molecular weight is 355 g/mol. The number of ether oxygens (including phenoxy) is 2. The maximum absolute atomic E-state index is 11.5. The smallest absolute Gasteiger partial charge is 0.339 e. The van der Waals surface area contributed by atoms with Crippen molar-refractivity contribution < 1.29 is 24.2 Å². The Morgan fingerprint density at radius 2 is 2.00 bits per heavy atom. The van der Waals surface area contributed by atoms with Gasteiger partial charge in [-0.25, -0.2) is 4.79 Å². The van der Waals surface area contributed by atoms with Crippen molar-refractivity contribution in [3.63, 3.8) is 0 Å². The first-order valence-electron chi connectivity index (χ1n) is 8.08. The van der Waals surface area contributed by atoms with E-state index in [1.54, 1.807) is 18.3 Å². The molecule has 0 amide bonds. The van der Waals surface area contributed by atoms with Gasteiger partial charge < -0.3 is 19.4 Å². The average Bonchev–Trinajstić information content (AvgIpc) is 2.65. The molecule has 0 spiro atoms.